The lowest BCUT2D eigenvalue weighted by molar-refractivity contribution is -0.146. The smallest absolute Gasteiger partial charge is 0.309 e. The molecule has 0 N–H and O–H groups in total. The van der Waals surface area contributed by atoms with Crippen LogP contribution in [-0.4, -0.2) is 38.0 Å². The summed E-state index contributed by atoms with van der Waals surface area (Å²) in [5.41, 5.74) is 0. The predicted octanol–water partition coefficient (Wildman–Crippen LogP) is 1.13. The molecule has 0 aromatic rings. The Morgan fingerprint density at radius 1 is 1.47 bits per heavy atom. The lowest BCUT2D eigenvalue weighted by Gasteiger charge is -2.08. The lowest BCUT2D eigenvalue weighted by atomic mass is 10.00. The van der Waals surface area contributed by atoms with Gasteiger partial charge >= 0.3 is 5.97 Å². The maximum atomic E-state index is 11.4. The average molecular weight is 214 g/mol. The van der Waals surface area contributed by atoms with E-state index in [-0.39, 0.29) is 18.0 Å². The number of carbonyl (C=O) groups is 1. The number of hydrogen-bond donors (Lipinski definition) is 0. The van der Waals surface area contributed by atoms with E-state index in [1.807, 2.05) is 0 Å². The van der Waals surface area contributed by atoms with Gasteiger partial charge in [0.2, 0.25) is 0 Å². The van der Waals surface area contributed by atoms with Gasteiger partial charge in [-0.25, -0.2) is 0 Å². The molecule has 0 radical (unpaired) electrons. The van der Waals surface area contributed by atoms with Gasteiger partial charge in [-0.05, 0) is 12.8 Å². The van der Waals surface area contributed by atoms with E-state index < -0.39 is 0 Å². The van der Waals surface area contributed by atoms with Crippen molar-refractivity contribution in [3.05, 3.63) is 0 Å². The summed E-state index contributed by atoms with van der Waals surface area (Å²) in [7, 11) is 0. The second-order valence-electron chi connectivity index (χ2n) is 4.26. The summed E-state index contributed by atoms with van der Waals surface area (Å²) in [4.78, 5) is 11.4. The first-order chi connectivity index (χ1) is 7.29. The molecule has 15 heavy (non-hydrogen) atoms. The van der Waals surface area contributed by atoms with Crippen LogP contribution in [0, 0.1) is 5.92 Å². The predicted molar refractivity (Wildman–Crippen MR) is 53.5 cm³/mol. The van der Waals surface area contributed by atoms with Gasteiger partial charge in [0.1, 0.15) is 6.10 Å². The molecule has 4 nitrogen and oxygen atoms in total. The van der Waals surface area contributed by atoms with Gasteiger partial charge in [-0.1, -0.05) is 6.92 Å². The quantitative estimate of drug-likeness (QED) is 0.378. The highest BCUT2D eigenvalue weighted by Crippen LogP contribution is 2.29. The third kappa shape index (κ3) is 3.18. The Bertz CT molecular complexity index is 225. The maximum absolute atomic E-state index is 11.4. The molecule has 0 bridgehead atoms. The van der Waals surface area contributed by atoms with Crippen molar-refractivity contribution in [2.75, 3.05) is 19.8 Å². The van der Waals surface area contributed by atoms with Gasteiger partial charge in [0.25, 0.3) is 0 Å². The number of epoxide rings is 1. The van der Waals surface area contributed by atoms with E-state index in [4.69, 9.17) is 14.2 Å². The molecule has 2 saturated heterocycles. The molecule has 2 rings (SSSR count). The summed E-state index contributed by atoms with van der Waals surface area (Å²) < 4.78 is 15.7. The molecule has 0 spiro atoms. The molecule has 0 aromatic carbocycles. The minimum atomic E-state index is -0.0735. The molecular formula is C11H18O4. The molecule has 3 unspecified atom stereocenters. The van der Waals surface area contributed by atoms with E-state index >= 15 is 0 Å². The van der Waals surface area contributed by atoms with Gasteiger partial charge in [0.05, 0.1) is 25.2 Å². The summed E-state index contributed by atoms with van der Waals surface area (Å²) in [6.07, 6.45) is 2.89. The molecule has 3 atom stereocenters. The fourth-order valence-electron chi connectivity index (χ4n) is 1.90. The summed E-state index contributed by atoms with van der Waals surface area (Å²) in [6.45, 7) is 4.15. The molecule has 0 amide bonds. The van der Waals surface area contributed by atoms with Crippen molar-refractivity contribution in [3.63, 3.8) is 0 Å². The Balaban J connectivity index is 1.68. The van der Waals surface area contributed by atoms with Crippen LogP contribution in [-0.2, 0) is 19.0 Å². The van der Waals surface area contributed by atoms with Crippen LogP contribution in [0.15, 0.2) is 0 Å². The number of cyclic esters (lactones) is 1. The van der Waals surface area contributed by atoms with Crippen LogP contribution >= 0.6 is 0 Å². The van der Waals surface area contributed by atoms with E-state index in [0.29, 0.717) is 12.7 Å². The van der Waals surface area contributed by atoms with Crippen LogP contribution in [0.25, 0.3) is 0 Å². The van der Waals surface area contributed by atoms with Gasteiger partial charge in [-0.3, -0.25) is 4.79 Å². The molecule has 0 aromatic heterocycles. The van der Waals surface area contributed by atoms with Crippen LogP contribution in [0.1, 0.15) is 26.2 Å². The zero-order valence-electron chi connectivity index (χ0n) is 9.11. The first kappa shape index (κ1) is 10.9. The number of esters is 1. The highest BCUT2D eigenvalue weighted by molar-refractivity contribution is 5.74. The SMILES string of the molecule is CCCOCC1CC(CC2CO2)C(=O)O1. The van der Waals surface area contributed by atoms with E-state index in [9.17, 15) is 4.79 Å². The normalized spacial score (nSPS) is 34.2. The first-order valence-corrected chi connectivity index (χ1v) is 5.69. The largest absolute Gasteiger partial charge is 0.460 e. The summed E-state index contributed by atoms with van der Waals surface area (Å²) in [5, 5.41) is 0. The Kier molecular flexibility index (Phi) is 3.59. The fraction of sp³-hybridized carbons (Fsp3) is 0.909. The van der Waals surface area contributed by atoms with Gasteiger partial charge < -0.3 is 14.2 Å². The Morgan fingerprint density at radius 3 is 2.93 bits per heavy atom. The monoisotopic (exact) mass is 214 g/mol. The van der Waals surface area contributed by atoms with E-state index in [0.717, 1.165) is 32.5 Å². The molecule has 2 aliphatic rings. The zero-order valence-corrected chi connectivity index (χ0v) is 9.11. The highest BCUT2D eigenvalue weighted by Gasteiger charge is 2.38. The van der Waals surface area contributed by atoms with Crippen LogP contribution in [0.5, 0.6) is 0 Å². The van der Waals surface area contributed by atoms with Gasteiger partial charge in [0, 0.05) is 13.0 Å². The van der Waals surface area contributed by atoms with Crippen molar-refractivity contribution in [1.29, 1.82) is 0 Å². The highest BCUT2D eigenvalue weighted by atomic mass is 16.6. The Hall–Kier alpha value is -0.610. The van der Waals surface area contributed by atoms with Crippen molar-refractivity contribution in [1.82, 2.24) is 0 Å². The van der Waals surface area contributed by atoms with Crippen molar-refractivity contribution in [2.24, 2.45) is 5.92 Å². The molecule has 2 heterocycles. The number of rotatable bonds is 6. The van der Waals surface area contributed by atoms with Gasteiger partial charge in [-0.15, -0.1) is 0 Å². The topological polar surface area (TPSA) is 48.1 Å². The summed E-state index contributed by atoms with van der Waals surface area (Å²) in [5.74, 6) is -0.0386. The number of hydrogen-bond acceptors (Lipinski definition) is 4. The van der Waals surface area contributed by atoms with E-state index in [2.05, 4.69) is 6.92 Å². The lowest BCUT2D eigenvalue weighted by Crippen LogP contribution is -2.15. The average Bonchev–Trinajstić information content (AvgIpc) is 2.94. The first-order valence-electron chi connectivity index (χ1n) is 5.69. The Morgan fingerprint density at radius 2 is 2.27 bits per heavy atom. The fourth-order valence-corrected chi connectivity index (χ4v) is 1.90. The molecule has 0 aliphatic carbocycles. The van der Waals surface area contributed by atoms with Crippen molar-refractivity contribution < 1.29 is 19.0 Å². The Labute approximate surface area is 89.9 Å². The molecule has 2 fully saturated rings. The maximum Gasteiger partial charge on any atom is 0.309 e. The van der Waals surface area contributed by atoms with E-state index in [1.54, 1.807) is 0 Å². The second kappa shape index (κ2) is 4.94. The molecule has 2 aliphatic heterocycles. The molecule has 0 saturated carbocycles. The van der Waals surface area contributed by atoms with E-state index in [1.165, 1.54) is 0 Å². The minimum absolute atomic E-state index is 0.0344. The van der Waals surface area contributed by atoms with Gasteiger partial charge in [-0.2, -0.15) is 0 Å². The van der Waals surface area contributed by atoms with Crippen molar-refractivity contribution in [3.8, 4) is 0 Å². The van der Waals surface area contributed by atoms with Crippen molar-refractivity contribution >= 4 is 5.97 Å². The van der Waals surface area contributed by atoms with Crippen LogP contribution in [0.3, 0.4) is 0 Å². The third-order valence-electron chi connectivity index (χ3n) is 2.77. The van der Waals surface area contributed by atoms with Crippen LogP contribution in [0.4, 0.5) is 0 Å². The number of ether oxygens (including phenoxy) is 3. The van der Waals surface area contributed by atoms with Crippen molar-refractivity contribution in [2.45, 2.75) is 38.4 Å². The van der Waals surface area contributed by atoms with Crippen LogP contribution in [0.2, 0.25) is 0 Å². The molecule has 4 heteroatoms. The van der Waals surface area contributed by atoms with Crippen LogP contribution < -0.4 is 0 Å². The number of carbonyl (C=O) groups excluding carboxylic acids is 1. The zero-order chi connectivity index (χ0) is 10.7. The third-order valence-corrected chi connectivity index (χ3v) is 2.77. The summed E-state index contributed by atoms with van der Waals surface area (Å²) >= 11 is 0. The molecule has 86 valence electrons. The summed E-state index contributed by atoms with van der Waals surface area (Å²) in [6, 6.07) is 0. The van der Waals surface area contributed by atoms with Gasteiger partial charge in [0.15, 0.2) is 0 Å². The standard InChI is InChI=1S/C11H18O4/c1-2-3-13-6-10-5-8(11(12)15-10)4-9-7-14-9/h8-10H,2-7H2,1H3. The minimum Gasteiger partial charge on any atom is -0.460 e. The second-order valence-corrected chi connectivity index (χ2v) is 4.26. The molecular weight excluding hydrogens is 196 g/mol.